The molecule has 3 fully saturated rings. The third-order valence-electron chi connectivity index (χ3n) is 8.08. The zero-order valence-corrected chi connectivity index (χ0v) is 19.3. The number of hydrogen-bond donors (Lipinski definition) is 1. The van der Waals surface area contributed by atoms with Crippen molar-refractivity contribution in [3.63, 3.8) is 0 Å². The van der Waals surface area contributed by atoms with Crippen molar-refractivity contribution in [1.82, 2.24) is 4.90 Å². The van der Waals surface area contributed by atoms with E-state index in [1.165, 1.54) is 19.1 Å². The van der Waals surface area contributed by atoms with Crippen LogP contribution >= 0.6 is 11.6 Å². The molecule has 9 nitrogen and oxygen atoms in total. The molecule has 3 saturated heterocycles. The Morgan fingerprint density at radius 2 is 1.88 bits per heavy atom. The molecule has 2 aromatic carbocycles. The average Bonchev–Trinajstić information content (AvgIpc) is 3.50. The van der Waals surface area contributed by atoms with Crippen LogP contribution in [-0.2, 0) is 19.9 Å². The molecule has 0 bridgehead atoms. The number of amides is 3. The number of anilines is 2. The van der Waals surface area contributed by atoms with Gasteiger partial charge in [0.05, 0.1) is 33.7 Å². The molecule has 6 rings (SSSR count). The van der Waals surface area contributed by atoms with E-state index < -0.39 is 34.1 Å². The number of imide groups is 1. The molecule has 0 unspecified atom stereocenters. The average molecular weight is 481 g/mol. The monoisotopic (exact) mass is 480 g/mol. The van der Waals surface area contributed by atoms with Crippen LogP contribution in [-0.4, -0.2) is 40.1 Å². The predicted molar refractivity (Wildman–Crippen MR) is 124 cm³/mol. The smallest absolute Gasteiger partial charge is 0.274 e. The standard InChI is InChI=1S/C24H21ClN4O5/c1-11-14(25)9-8-13-20(11)26-23(32)24(13)19-18(17-7-4-10-27(17)24)21(30)28(22(19)31)15-5-3-6-16(12(15)2)29(33)34/h3,5-6,8-9,17-19H,4,7,10H2,1-2H3,(H,26,32)/t17-,18+,19+,24+/m0/s1. The number of nitrogens with one attached hydrogen (secondary N) is 1. The number of fused-ring (bicyclic) bond motifs is 7. The molecule has 1 N–H and O–H groups in total. The maximum Gasteiger partial charge on any atom is 0.274 e. The minimum absolute atomic E-state index is 0.165. The summed E-state index contributed by atoms with van der Waals surface area (Å²) in [5, 5.41) is 14.9. The van der Waals surface area contributed by atoms with Crippen LogP contribution in [0.2, 0.25) is 5.02 Å². The molecule has 1 spiro atoms. The topological polar surface area (TPSA) is 113 Å². The van der Waals surface area contributed by atoms with Gasteiger partial charge >= 0.3 is 0 Å². The van der Waals surface area contributed by atoms with Crippen molar-refractivity contribution in [2.24, 2.45) is 11.8 Å². The lowest BCUT2D eigenvalue weighted by Crippen LogP contribution is -2.54. The summed E-state index contributed by atoms with van der Waals surface area (Å²) in [6.45, 7) is 3.94. The summed E-state index contributed by atoms with van der Waals surface area (Å²) in [5.41, 5.74) is 0.932. The van der Waals surface area contributed by atoms with Gasteiger partial charge in [-0.3, -0.25) is 29.4 Å². The molecule has 4 heterocycles. The minimum Gasteiger partial charge on any atom is -0.324 e. The lowest BCUT2D eigenvalue weighted by atomic mass is 9.75. The highest BCUT2D eigenvalue weighted by Crippen LogP contribution is 2.61. The second-order valence-corrected chi connectivity index (χ2v) is 9.82. The number of nitro groups is 1. The Bertz CT molecular complexity index is 1340. The number of carbonyl (C=O) groups excluding carboxylic acids is 3. The zero-order chi connectivity index (χ0) is 24.1. The Labute approximate surface area is 199 Å². The first-order valence-electron chi connectivity index (χ1n) is 11.2. The molecule has 0 aliphatic carbocycles. The molecule has 10 heteroatoms. The van der Waals surface area contributed by atoms with Gasteiger partial charge in [0, 0.05) is 22.7 Å². The molecule has 3 amide bonds. The predicted octanol–water partition coefficient (Wildman–Crippen LogP) is 3.30. The Hall–Kier alpha value is -3.30. The van der Waals surface area contributed by atoms with Crippen molar-refractivity contribution in [2.45, 2.75) is 38.3 Å². The van der Waals surface area contributed by atoms with Crippen molar-refractivity contribution in [1.29, 1.82) is 0 Å². The Morgan fingerprint density at radius 3 is 2.62 bits per heavy atom. The van der Waals surface area contributed by atoms with Gasteiger partial charge in [0.15, 0.2) is 0 Å². The highest BCUT2D eigenvalue weighted by atomic mass is 35.5. The molecule has 0 aromatic heterocycles. The summed E-state index contributed by atoms with van der Waals surface area (Å²) in [6, 6.07) is 7.59. The first-order chi connectivity index (χ1) is 16.2. The van der Waals surface area contributed by atoms with Gasteiger partial charge in [-0.15, -0.1) is 0 Å². The van der Waals surface area contributed by atoms with Gasteiger partial charge in [-0.1, -0.05) is 23.7 Å². The van der Waals surface area contributed by atoms with Crippen LogP contribution in [0.25, 0.3) is 0 Å². The molecule has 174 valence electrons. The number of nitrogens with zero attached hydrogens (tertiary/aromatic N) is 3. The second-order valence-electron chi connectivity index (χ2n) is 9.41. The Morgan fingerprint density at radius 1 is 1.12 bits per heavy atom. The lowest BCUT2D eigenvalue weighted by Gasteiger charge is -2.36. The third kappa shape index (κ3) is 2.31. The maximum absolute atomic E-state index is 14.0. The van der Waals surface area contributed by atoms with E-state index in [9.17, 15) is 24.5 Å². The van der Waals surface area contributed by atoms with Gasteiger partial charge in [0.2, 0.25) is 17.7 Å². The van der Waals surface area contributed by atoms with E-state index in [4.69, 9.17) is 11.6 Å². The fourth-order valence-electron chi connectivity index (χ4n) is 6.68. The highest BCUT2D eigenvalue weighted by molar-refractivity contribution is 6.32. The second kappa shape index (κ2) is 6.86. The SMILES string of the molecule is Cc1c(N2C(=O)[C@@H]3[C@@H]4CCCN4[C@@]4(C(=O)Nc5c4ccc(Cl)c5C)[C@H]3C2=O)cccc1[N+](=O)[O-]. The van der Waals surface area contributed by atoms with Gasteiger partial charge in [-0.2, -0.15) is 0 Å². The van der Waals surface area contributed by atoms with Crippen LogP contribution in [0.4, 0.5) is 17.1 Å². The quantitative estimate of drug-likeness (QED) is 0.401. The molecular weight excluding hydrogens is 460 g/mol. The van der Waals surface area contributed by atoms with Gasteiger partial charge in [-0.05, 0) is 50.9 Å². The molecule has 2 aromatic rings. The van der Waals surface area contributed by atoms with Gasteiger partial charge < -0.3 is 5.32 Å². The van der Waals surface area contributed by atoms with E-state index in [1.54, 1.807) is 18.2 Å². The third-order valence-corrected chi connectivity index (χ3v) is 8.49. The van der Waals surface area contributed by atoms with Crippen molar-refractivity contribution in [3.8, 4) is 0 Å². The number of halogens is 1. The zero-order valence-electron chi connectivity index (χ0n) is 18.5. The molecular formula is C24H21ClN4O5. The van der Waals surface area contributed by atoms with E-state index in [1.807, 2.05) is 11.8 Å². The van der Waals surface area contributed by atoms with Crippen LogP contribution in [0.15, 0.2) is 30.3 Å². The summed E-state index contributed by atoms with van der Waals surface area (Å²) < 4.78 is 0. The highest BCUT2D eigenvalue weighted by Gasteiger charge is 2.74. The van der Waals surface area contributed by atoms with Crippen molar-refractivity contribution in [3.05, 3.63) is 62.2 Å². The summed E-state index contributed by atoms with van der Waals surface area (Å²) in [4.78, 5) is 55.6. The van der Waals surface area contributed by atoms with Gasteiger partial charge in [0.1, 0.15) is 5.54 Å². The number of carbonyl (C=O) groups is 3. The molecule has 4 aliphatic heterocycles. The van der Waals surface area contributed by atoms with E-state index in [0.717, 1.165) is 11.3 Å². The molecule has 4 atom stereocenters. The number of hydrogen-bond acceptors (Lipinski definition) is 6. The normalized spacial score (nSPS) is 29.6. The molecule has 4 aliphatic rings. The summed E-state index contributed by atoms with van der Waals surface area (Å²) >= 11 is 6.32. The summed E-state index contributed by atoms with van der Waals surface area (Å²) in [6.07, 6.45) is 1.50. The van der Waals surface area contributed by atoms with E-state index in [-0.39, 0.29) is 28.9 Å². The Balaban J connectivity index is 1.56. The largest absolute Gasteiger partial charge is 0.324 e. The van der Waals surface area contributed by atoms with Crippen LogP contribution in [0.5, 0.6) is 0 Å². The molecule has 34 heavy (non-hydrogen) atoms. The minimum atomic E-state index is -1.31. The van der Waals surface area contributed by atoms with E-state index in [2.05, 4.69) is 5.32 Å². The van der Waals surface area contributed by atoms with E-state index in [0.29, 0.717) is 34.8 Å². The first-order valence-corrected chi connectivity index (χ1v) is 11.6. The van der Waals surface area contributed by atoms with Crippen LogP contribution in [0, 0.1) is 35.8 Å². The number of nitro benzene ring substituents is 1. The summed E-state index contributed by atoms with van der Waals surface area (Å²) in [7, 11) is 0. The fraction of sp³-hybridized carbons (Fsp3) is 0.375. The molecule has 0 radical (unpaired) electrons. The van der Waals surface area contributed by atoms with E-state index >= 15 is 0 Å². The molecule has 0 saturated carbocycles. The van der Waals surface area contributed by atoms with Crippen LogP contribution in [0.1, 0.15) is 29.5 Å². The first kappa shape index (κ1) is 21.2. The van der Waals surface area contributed by atoms with Gasteiger partial charge in [0.25, 0.3) is 5.69 Å². The number of rotatable bonds is 2. The number of benzene rings is 2. The van der Waals surface area contributed by atoms with Gasteiger partial charge in [-0.25, -0.2) is 4.90 Å². The van der Waals surface area contributed by atoms with Crippen molar-refractivity contribution >= 4 is 46.4 Å². The fourth-order valence-corrected chi connectivity index (χ4v) is 6.84. The Kier molecular flexibility index (Phi) is 4.29. The van der Waals surface area contributed by atoms with Crippen LogP contribution < -0.4 is 10.2 Å². The van der Waals surface area contributed by atoms with Crippen molar-refractivity contribution in [2.75, 3.05) is 16.8 Å². The van der Waals surface area contributed by atoms with Crippen LogP contribution in [0.3, 0.4) is 0 Å². The lowest BCUT2D eigenvalue weighted by molar-refractivity contribution is -0.385. The maximum atomic E-state index is 14.0. The van der Waals surface area contributed by atoms with Crippen molar-refractivity contribution < 1.29 is 19.3 Å². The summed E-state index contributed by atoms with van der Waals surface area (Å²) in [5.74, 6) is -2.86.